The van der Waals surface area contributed by atoms with E-state index in [2.05, 4.69) is 10.4 Å². The lowest BCUT2D eigenvalue weighted by Gasteiger charge is -2.14. The summed E-state index contributed by atoms with van der Waals surface area (Å²) in [6, 6.07) is 4.22. The summed E-state index contributed by atoms with van der Waals surface area (Å²) in [4.78, 5) is 23.2. The van der Waals surface area contributed by atoms with Crippen molar-refractivity contribution in [3.05, 3.63) is 52.2 Å². The van der Waals surface area contributed by atoms with Crippen molar-refractivity contribution in [2.75, 3.05) is 6.54 Å². The largest absolute Gasteiger partial charge is 0.416 e. The molecule has 24 heavy (non-hydrogen) atoms. The van der Waals surface area contributed by atoms with E-state index >= 15 is 0 Å². The zero-order chi connectivity index (χ0) is 17.9. The van der Waals surface area contributed by atoms with Crippen LogP contribution in [0.1, 0.15) is 17.2 Å². The number of aliphatic hydroxyl groups is 1. The van der Waals surface area contributed by atoms with Crippen molar-refractivity contribution in [3.63, 3.8) is 0 Å². The smallest absolute Gasteiger partial charge is 0.387 e. The predicted octanol–water partition coefficient (Wildman–Crippen LogP) is 0.450. The molecule has 0 bridgehead atoms. The second-order valence-electron chi connectivity index (χ2n) is 5.13. The van der Waals surface area contributed by atoms with Gasteiger partial charge in [0.15, 0.2) is 0 Å². The van der Waals surface area contributed by atoms with E-state index in [0.29, 0.717) is 0 Å². The molecule has 10 heteroatoms. The van der Waals surface area contributed by atoms with Crippen molar-refractivity contribution in [1.29, 1.82) is 0 Å². The summed E-state index contributed by atoms with van der Waals surface area (Å²) in [6.07, 6.45) is -4.58. The first-order valence-electron chi connectivity index (χ1n) is 6.89. The van der Waals surface area contributed by atoms with Gasteiger partial charge in [0.2, 0.25) is 5.91 Å². The highest BCUT2D eigenvalue weighted by atomic mass is 19.4. The summed E-state index contributed by atoms with van der Waals surface area (Å²) >= 11 is 0. The predicted molar refractivity (Wildman–Crippen MR) is 76.9 cm³/mol. The molecule has 2 rings (SSSR count). The third-order valence-corrected chi connectivity index (χ3v) is 3.27. The first-order valence-corrected chi connectivity index (χ1v) is 6.89. The van der Waals surface area contributed by atoms with Crippen LogP contribution in [0.2, 0.25) is 0 Å². The number of carbonyl (C=O) groups excluding carboxylic acids is 1. The van der Waals surface area contributed by atoms with Gasteiger partial charge in [-0.25, -0.2) is 9.48 Å². The lowest BCUT2D eigenvalue weighted by molar-refractivity contribution is -0.137. The van der Waals surface area contributed by atoms with Gasteiger partial charge >= 0.3 is 11.9 Å². The van der Waals surface area contributed by atoms with Gasteiger partial charge in [0.1, 0.15) is 12.9 Å². The van der Waals surface area contributed by atoms with E-state index < -0.39 is 29.4 Å². The van der Waals surface area contributed by atoms with Crippen LogP contribution in [0.25, 0.3) is 0 Å². The van der Waals surface area contributed by atoms with Crippen LogP contribution in [0.4, 0.5) is 13.2 Å². The lowest BCUT2D eigenvalue weighted by Crippen LogP contribution is -2.35. The lowest BCUT2D eigenvalue weighted by atomic mass is 10.1. The summed E-state index contributed by atoms with van der Waals surface area (Å²) < 4.78 is 40.0. The Balaban J connectivity index is 1.95. The van der Waals surface area contributed by atoms with Crippen molar-refractivity contribution in [3.8, 4) is 0 Å². The van der Waals surface area contributed by atoms with Gasteiger partial charge in [-0.2, -0.15) is 18.3 Å². The molecule has 7 nitrogen and oxygen atoms in total. The summed E-state index contributed by atoms with van der Waals surface area (Å²) in [5, 5.41) is 16.0. The van der Waals surface area contributed by atoms with Crippen LogP contribution < -0.4 is 11.0 Å². The Bertz CT molecular complexity index is 782. The molecular formula is C14H15F3N4O3. The van der Waals surface area contributed by atoms with Gasteiger partial charge in [0, 0.05) is 13.6 Å². The quantitative estimate of drug-likeness (QED) is 0.824. The average Bonchev–Trinajstić information content (AvgIpc) is 2.84. The number of halogens is 3. The van der Waals surface area contributed by atoms with Crippen LogP contribution in [0.3, 0.4) is 0 Å². The number of aryl methyl sites for hydroxylation is 1. The molecule has 0 saturated carbocycles. The third-order valence-electron chi connectivity index (χ3n) is 3.27. The van der Waals surface area contributed by atoms with E-state index in [9.17, 15) is 27.9 Å². The number of nitrogens with one attached hydrogen (secondary N) is 1. The minimum Gasteiger partial charge on any atom is -0.387 e. The SMILES string of the molecule is Cn1cnn(CC(=O)NCC(O)c2cccc(C(F)(F)F)c2)c1=O. The molecule has 2 aromatic rings. The van der Waals surface area contributed by atoms with Crippen molar-refractivity contribution in [2.24, 2.45) is 7.05 Å². The zero-order valence-corrected chi connectivity index (χ0v) is 12.6. The van der Waals surface area contributed by atoms with Crippen LogP contribution in [0.5, 0.6) is 0 Å². The second kappa shape index (κ2) is 6.87. The molecule has 0 aliphatic heterocycles. The number of rotatable bonds is 5. The Labute approximate surface area is 134 Å². The number of nitrogens with zero attached hydrogens (tertiary/aromatic N) is 3. The molecule has 1 aromatic carbocycles. The third kappa shape index (κ3) is 4.22. The number of aromatic nitrogens is 3. The highest BCUT2D eigenvalue weighted by molar-refractivity contribution is 5.75. The first-order chi connectivity index (χ1) is 11.2. The van der Waals surface area contributed by atoms with Crippen molar-refractivity contribution in [1.82, 2.24) is 19.7 Å². The first kappa shape index (κ1) is 17.7. The maximum absolute atomic E-state index is 12.6. The van der Waals surface area contributed by atoms with E-state index in [4.69, 9.17) is 0 Å². The van der Waals surface area contributed by atoms with Crippen molar-refractivity contribution >= 4 is 5.91 Å². The molecule has 1 aromatic heterocycles. The zero-order valence-electron chi connectivity index (χ0n) is 12.6. The number of carbonyl (C=O) groups is 1. The minimum absolute atomic E-state index is 0.0279. The molecule has 0 aliphatic carbocycles. The highest BCUT2D eigenvalue weighted by Gasteiger charge is 2.30. The van der Waals surface area contributed by atoms with E-state index in [1.807, 2.05) is 0 Å². The molecule has 0 spiro atoms. The monoisotopic (exact) mass is 344 g/mol. The fourth-order valence-corrected chi connectivity index (χ4v) is 1.97. The minimum atomic E-state index is -4.51. The van der Waals surface area contributed by atoms with E-state index in [-0.39, 0.29) is 18.7 Å². The Morgan fingerprint density at radius 1 is 1.42 bits per heavy atom. The molecular weight excluding hydrogens is 329 g/mol. The molecule has 0 saturated heterocycles. The Morgan fingerprint density at radius 3 is 2.71 bits per heavy atom. The molecule has 1 heterocycles. The molecule has 1 amide bonds. The number of hydrogen-bond donors (Lipinski definition) is 2. The average molecular weight is 344 g/mol. The molecule has 2 N–H and O–H groups in total. The van der Waals surface area contributed by atoms with Crippen molar-refractivity contribution < 1.29 is 23.1 Å². The van der Waals surface area contributed by atoms with Gasteiger partial charge in [0.05, 0.1) is 11.7 Å². The van der Waals surface area contributed by atoms with Gasteiger partial charge in [-0.05, 0) is 17.7 Å². The molecule has 0 radical (unpaired) electrons. The summed E-state index contributed by atoms with van der Waals surface area (Å²) in [5.41, 5.74) is -1.34. The Kier molecular flexibility index (Phi) is 5.07. The van der Waals surface area contributed by atoms with Gasteiger partial charge in [-0.3, -0.25) is 9.36 Å². The standard InChI is InChI=1S/C14H15F3N4O3/c1-20-8-19-21(13(20)24)7-12(23)18-6-11(22)9-3-2-4-10(5-9)14(15,16)17/h2-5,8,11,22H,6-7H2,1H3,(H,18,23). The summed E-state index contributed by atoms with van der Waals surface area (Å²) in [7, 11) is 1.47. The number of alkyl halides is 3. The van der Waals surface area contributed by atoms with Crippen LogP contribution in [0.15, 0.2) is 35.4 Å². The Morgan fingerprint density at radius 2 is 2.12 bits per heavy atom. The van der Waals surface area contributed by atoms with Crippen LogP contribution in [-0.2, 0) is 24.6 Å². The molecule has 0 fully saturated rings. The van der Waals surface area contributed by atoms with Gasteiger partial charge in [0.25, 0.3) is 0 Å². The summed E-state index contributed by atoms with van der Waals surface area (Å²) in [6.45, 7) is -0.642. The summed E-state index contributed by atoms with van der Waals surface area (Å²) in [5.74, 6) is -0.596. The molecule has 130 valence electrons. The maximum Gasteiger partial charge on any atom is 0.416 e. The van der Waals surface area contributed by atoms with Gasteiger partial charge < -0.3 is 10.4 Å². The molecule has 0 aliphatic rings. The molecule has 1 atom stereocenters. The highest BCUT2D eigenvalue weighted by Crippen LogP contribution is 2.30. The number of aliphatic hydroxyl groups excluding tert-OH is 1. The van der Waals surface area contributed by atoms with E-state index in [0.717, 1.165) is 16.8 Å². The van der Waals surface area contributed by atoms with Gasteiger partial charge in [-0.1, -0.05) is 12.1 Å². The normalized spacial score (nSPS) is 12.9. The van der Waals surface area contributed by atoms with Crippen molar-refractivity contribution in [2.45, 2.75) is 18.8 Å². The maximum atomic E-state index is 12.6. The molecule has 1 unspecified atom stereocenters. The van der Waals surface area contributed by atoms with Crippen LogP contribution in [0, 0.1) is 0 Å². The van der Waals surface area contributed by atoms with E-state index in [1.54, 1.807) is 0 Å². The number of amides is 1. The van der Waals surface area contributed by atoms with Crippen LogP contribution >= 0.6 is 0 Å². The number of hydrogen-bond acceptors (Lipinski definition) is 4. The number of benzene rings is 1. The fourth-order valence-electron chi connectivity index (χ4n) is 1.97. The second-order valence-corrected chi connectivity index (χ2v) is 5.13. The fraction of sp³-hybridized carbons (Fsp3) is 0.357. The van der Waals surface area contributed by atoms with Crippen LogP contribution in [-0.4, -0.2) is 31.9 Å². The Hall–Kier alpha value is -2.62. The van der Waals surface area contributed by atoms with Gasteiger partial charge in [-0.15, -0.1) is 0 Å². The topological polar surface area (TPSA) is 89.2 Å². The van der Waals surface area contributed by atoms with E-state index in [1.165, 1.54) is 30.1 Å².